The summed E-state index contributed by atoms with van der Waals surface area (Å²) in [5, 5.41) is 28.1. The van der Waals surface area contributed by atoms with Gasteiger partial charge in [0.1, 0.15) is 11.6 Å². The van der Waals surface area contributed by atoms with Crippen LogP contribution in [0.4, 0.5) is 14.9 Å². The number of aromatic amines is 1. The molecule has 2 aliphatic rings. The Kier molecular flexibility index (Phi) is 7.07. The summed E-state index contributed by atoms with van der Waals surface area (Å²) in [6.45, 7) is 5.38. The summed E-state index contributed by atoms with van der Waals surface area (Å²) in [5.41, 5.74) is 1.97. The number of hydrogen-bond donors (Lipinski definition) is 2. The van der Waals surface area contributed by atoms with E-state index in [-0.39, 0.29) is 59.6 Å². The Morgan fingerprint density at radius 3 is 2.71 bits per heavy atom. The number of aryl methyl sites for hydroxylation is 1. The third-order valence-corrected chi connectivity index (χ3v) is 9.16. The van der Waals surface area contributed by atoms with Gasteiger partial charge in [-0.05, 0) is 58.0 Å². The number of nitrogens with zero attached hydrogens (tertiary/aromatic N) is 6. The molecule has 2 fully saturated rings. The molecule has 12 heteroatoms. The molecule has 0 radical (unpaired) electrons. The van der Waals surface area contributed by atoms with E-state index in [1.54, 1.807) is 19.2 Å². The van der Waals surface area contributed by atoms with Gasteiger partial charge < -0.3 is 24.4 Å². The molecule has 2 atom stereocenters. The van der Waals surface area contributed by atoms with Crippen molar-refractivity contribution >= 4 is 45.2 Å². The van der Waals surface area contributed by atoms with Crippen LogP contribution in [0.3, 0.4) is 0 Å². The first kappa shape index (κ1) is 28.0. The van der Waals surface area contributed by atoms with Gasteiger partial charge in [-0.25, -0.2) is 9.18 Å². The molecule has 0 unspecified atom stereocenters. The molecule has 4 aromatic rings. The quantitative estimate of drug-likeness (QED) is 0.350. The van der Waals surface area contributed by atoms with Crippen molar-refractivity contribution < 1.29 is 14.3 Å². The van der Waals surface area contributed by atoms with Crippen LogP contribution in [0, 0.1) is 24.1 Å². The molecule has 10 nitrogen and oxygen atoms in total. The van der Waals surface area contributed by atoms with Gasteiger partial charge in [-0.15, -0.1) is 0 Å². The topological polar surface area (TPSA) is 121 Å². The zero-order valence-corrected chi connectivity index (χ0v) is 24.4. The molecule has 2 N–H and O–H groups in total. The first-order chi connectivity index (χ1) is 20.1. The molecule has 2 aromatic carbocycles. The number of nitrogens with one attached hydrogen (secondary N) is 1. The predicted octanol–water partition coefficient (Wildman–Crippen LogP) is 4.80. The molecule has 0 aliphatic carbocycles. The number of aromatic nitrogens is 3. The van der Waals surface area contributed by atoms with Gasteiger partial charge in [-0.1, -0.05) is 17.7 Å². The van der Waals surface area contributed by atoms with Crippen LogP contribution in [-0.2, 0) is 6.54 Å². The minimum absolute atomic E-state index is 0.00000318. The first-order valence-electron chi connectivity index (χ1n) is 14.0. The number of rotatable bonds is 4. The molecule has 218 valence electrons. The zero-order valence-electron chi connectivity index (χ0n) is 23.6. The number of piperazine rings is 1. The lowest BCUT2D eigenvalue weighted by atomic mass is 9.94. The zero-order chi connectivity index (χ0) is 29.9. The van der Waals surface area contributed by atoms with Gasteiger partial charge in [0.05, 0.1) is 27.9 Å². The second-order valence-electron chi connectivity index (χ2n) is 11.3. The summed E-state index contributed by atoms with van der Waals surface area (Å²) >= 11 is 6.91. The molecule has 4 heterocycles. The summed E-state index contributed by atoms with van der Waals surface area (Å²) in [4.78, 5) is 31.1. The minimum Gasteiger partial charge on any atom is -0.465 e. The second kappa shape index (κ2) is 10.6. The standard InChI is InChI=1S/C30H31ClFN7O3/c1-16-6-7-23-21(13-34-35-23)24(16)25-22(31)11-19-27(37-9-10-38(30(41)42)17(2)14-37)20(12-33)29(40)39(28(19)26(25)32)15-18-5-4-8-36(18)3/h6-7,11,13,17-18H,4-5,8-10,14-15H2,1-3H3,(H,34,35)(H,41,42)/t17-,18+/m1/s1. The Bertz CT molecular complexity index is 1850. The summed E-state index contributed by atoms with van der Waals surface area (Å²) in [6, 6.07) is 7.07. The lowest BCUT2D eigenvalue weighted by molar-refractivity contribution is 0.123. The Labute approximate surface area is 246 Å². The maximum atomic E-state index is 17.2. The second-order valence-corrected chi connectivity index (χ2v) is 11.7. The normalized spacial score (nSPS) is 19.6. The molecule has 2 aromatic heterocycles. The van der Waals surface area contributed by atoms with Gasteiger partial charge in [0, 0.05) is 60.2 Å². The minimum atomic E-state index is -1.04. The van der Waals surface area contributed by atoms with Crippen LogP contribution in [0.15, 0.2) is 29.2 Å². The van der Waals surface area contributed by atoms with E-state index in [9.17, 15) is 20.0 Å². The van der Waals surface area contributed by atoms with Gasteiger partial charge in [-0.3, -0.25) is 9.89 Å². The van der Waals surface area contributed by atoms with E-state index in [2.05, 4.69) is 21.2 Å². The lowest BCUT2D eigenvalue weighted by Crippen LogP contribution is -2.54. The third-order valence-electron chi connectivity index (χ3n) is 8.86. The molecule has 2 aliphatic heterocycles. The highest BCUT2D eigenvalue weighted by atomic mass is 35.5. The Hall–Kier alpha value is -4.14. The van der Waals surface area contributed by atoms with Crippen LogP contribution in [0.25, 0.3) is 32.9 Å². The van der Waals surface area contributed by atoms with Crippen molar-refractivity contribution in [1.82, 2.24) is 24.6 Å². The van der Waals surface area contributed by atoms with Crippen molar-refractivity contribution in [2.45, 2.75) is 45.3 Å². The highest BCUT2D eigenvalue weighted by Crippen LogP contribution is 2.43. The van der Waals surface area contributed by atoms with E-state index >= 15 is 4.39 Å². The van der Waals surface area contributed by atoms with E-state index in [0.29, 0.717) is 16.3 Å². The van der Waals surface area contributed by atoms with Crippen LogP contribution < -0.4 is 10.5 Å². The van der Waals surface area contributed by atoms with Crippen LogP contribution >= 0.6 is 11.6 Å². The van der Waals surface area contributed by atoms with E-state index in [1.807, 2.05) is 31.0 Å². The Morgan fingerprint density at radius 1 is 1.26 bits per heavy atom. The van der Waals surface area contributed by atoms with Gasteiger partial charge in [0.15, 0.2) is 5.82 Å². The van der Waals surface area contributed by atoms with Crippen molar-refractivity contribution in [3.05, 3.63) is 56.7 Å². The average molecular weight is 592 g/mol. The molecule has 0 spiro atoms. The van der Waals surface area contributed by atoms with E-state index in [1.165, 1.54) is 9.47 Å². The van der Waals surface area contributed by atoms with Crippen LogP contribution in [0.1, 0.15) is 30.9 Å². The van der Waals surface area contributed by atoms with Crippen LogP contribution in [-0.4, -0.2) is 81.1 Å². The number of likely N-dealkylation sites (N-methyl/N-ethyl adjacent to an activating group) is 1. The summed E-state index contributed by atoms with van der Waals surface area (Å²) < 4.78 is 18.6. The van der Waals surface area contributed by atoms with Crippen molar-refractivity contribution in [3.8, 4) is 17.2 Å². The molecule has 0 saturated carbocycles. The molecule has 6 rings (SSSR count). The fourth-order valence-corrected chi connectivity index (χ4v) is 6.97. The molecule has 2 saturated heterocycles. The number of pyridine rings is 1. The molecule has 42 heavy (non-hydrogen) atoms. The molecule has 1 amide bonds. The number of likely N-dealkylation sites (tertiary alicyclic amines) is 1. The van der Waals surface area contributed by atoms with Gasteiger partial charge in [0.2, 0.25) is 0 Å². The number of benzene rings is 2. The van der Waals surface area contributed by atoms with E-state index in [4.69, 9.17) is 11.6 Å². The summed E-state index contributed by atoms with van der Waals surface area (Å²) in [6.07, 6.45) is 2.40. The maximum Gasteiger partial charge on any atom is 0.407 e. The number of amides is 1. The lowest BCUT2D eigenvalue weighted by Gasteiger charge is -2.40. The highest BCUT2D eigenvalue weighted by Gasteiger charge is 2.33. The van der Waals surface area contributed by atoms with Gasteiger partial charge in [-0.2, -0.15) is 10.4 Å². The van der Waals surface area contributed by atoms with Gasteiger partial charge in [0.25, 0.3) is 5.56 Å². The Balaban J connectivity index is 1.66. The number of hydrogen-bond acceptors (Lipinski definition) is 6. The average Bonchev–Trinajstić information content (AvgIpc) is 3.59. The van der Waals surface area contributed by atoms with Crippen molar-refractivity contribution in [2.75, 3.05) is 38.1 Å². The number of H-pyrrole nitrogens is 1. The summed E-state index contributed by atoms with van der Waals surface area (Å²) in [5.74, 6) is -0.644. The van der Waals surface area contributed by atoms with E-state index in [0.717, 1.165) is 30.5 Å². The summed E-state index contributed by atoms with van der Waals surface area (Å²) in [7, 11) is 1.98. The Morgan fingerprint density at radius 2 is 2.05 bits per heavy atom. The molecular weight excluding hydrogens is 561 g/mol. The fraction of sp³-hybridized carbons (Fsp3) is 0.400. The largest absolute Gasteiger partial charge is 0.465 e. The number of anilines is 1. The smallest absolute Gasteiger partial charge is 0.407 e. The van der Waals surface area contributed by atoms with Crippen molar-refractivity contribution in [1.29, 1.82) is 5.26 Å². The molecular formula is C30H31ClFN7O3. The molecule has 0 bridgehead atoms. The highest BCUT2D eigenvalue weighted by molar-refractivity contribution is 6.35. The fourth-order valence-electron chi connectivity index (χ4n) is 6.68. The predicted molar refractivity (Wildman–Crippen MR) is 160 cm³/mol. The van der Waals surface area contributed by atoms with E-state index < -0.39 is 23.5 Å². The van der Waals surface area contributed by atoms with Crippen molar-refractivity contribution in [2.24, 2.45) is 0 Å². The number of halogens is 2. The van der Waals surface area contributed by atoms with Crippen LogP contribution in [0.2, 0.25) is 5.02 Å². The number of carbonyl (C=O) groups is 1. The van der Waals surface area contributed by atoms with Gasteiger partial charge >= 0.3 is 6.09 Å². The number of nitriles is 1. The number of carboxylic acid groups (broad SMARTS) is 1. The monoisotopic (exact) mass is 591 g/mol. The first-order valence-corrected chi connectivity index (χ1v) is 14.4. The van der Waals surface area contributed by atoms with Crippen molar-refractivity contribution in [3.63, 3.8) is 0 Å². The SMILES string of the molecule is Cc1ccc2[nH]ncc2c1-c1c(Cl)cc2c(N3CCN(C(=O)O)[C@H](C)C3)c(C#N)c(=O)n(C[C@@H]3CCCN3C)c2c1F. The third kappa shape index (κ3) is 4.37. The number of fused-ring (bicyclic) bond motifs is 2. The maximum absolute atomic E-state index is 17.2. The van der Waals surface area contributed by atoms with Crippen LogP contribution in [0.5, 0.6) is 0 Å².